The second-order valence-electron chi connectivity index (χ2n) is 11.2. The van der Waals surface area contributed by atoms with Gasteiger partial charge in [-0.25, -0.2) is 0 Å². The Labute approximate surface area is 224 Å². The van der Waals surface area contributed by atoms with Crippen molar-refractivity contribution in [2.75, 3.05) is 19.8 Å². The number of carbonyl (C=O) groups is 2. The third-order valence-corrected chi connectivity index (χ3v) is 7.55. The molecule has 1 fully saturated rings. The number of carboxylic acid groups (broad SMARTS) is 1. The van der Waals surface area contributed by atoms with Crippen LogP contribution in [-0.2, 0) is 37.5 Å². The summed E-state index contributed by atoms with van der Waals surface area (Å²) in [6.45, 7) is 7.89. The fourth-order valence-electron chi connectivity index (χ4n) is 4.99. The Kier molecular flexibility index (Phi) is 8.42. The maximum absolute atomic E-state index is 13.2. The number of carboxylic acids is 1. The molecular formula is C30H36ClNO5. The number of amides is 1. The second-order valence-corrected chi connectivity index (χ2v) is 11.6. The number of ether oxygens (including phenoxy) is 2. The van der Waals surface area contributed by atoms with E-state index in [2.05, 4.69) is 32.9 Å². The lowest BCUT2D eigenvalue weighted by molar-refractivity contribution is -0.138. The number of hydrogen-bond acceptors (Lipinski definition) is 4. The van der Waals surface area contributed by atoms with E-state index < -0.39 is 11.4 Å². The molecule has 0 spiro atoms. The zero-order valence-electron chi connectivity index (χ0n) is 21.8. The first kappa shape index (κ1) is 27.4. The third-order valence-electron chi connectivity index (χ3n) is 7.20. The number of fused-ring (bicyclic) bond motifs is 1. The summed E-state index contributed by atoms with van der Waals surface area (Å²) in [7, 11) is 0. The van der Waals surface area contributed by atoms with Gasteiger partial charge in [-0.15, -0.1) is 0 Å². The highest BCUT2D eigenvalue weighted by atomic mass is 35.5. The number of carbonyl (C=O) groups excluding carboxylic acids is 1. The molecule has 2 heterocycles. The summed E-state index contributed by atoms with van der Waals surface area (Å²) in [4.78, 5) is 25.8. The highest BCUT2D eigenvalue weighted by Crippen LogP contribution is 2.47. The van der Waals surface area contributed by atoms with E-state index in [9.17, 15) is 9.59 Å². The van der Waals surface area contributed by atoms with E-state index in [4.69, 9.17) is 26.2 Å². The smallest absolute Gasteiger partial charge is 0.305 e. The summed E-state index contributed by atoms with van der Waals surface area (Å²) in [5.74, 6) is -1.06. The Balaban J connectivity index is 1.60. The van der Waals surface area contributed by atoms with E-state index in [1.54, 1.807) is 6.20 Å². The number of halogens is 1. The van der Waals surface area contributed by atoms with E-state index in [1.165, 1.54) is 4.90 Å². The lowest BCUT2D eigenvalue weighted by Crippen LogP contribution is -2.44. The van der Waals surface area contributed by atoms with Gasteiger partial charge in [0.25, 0.3) is 0 Å². The molecule has 2 aliphatic heterocycles. The summed E-state index contributed by atoms with van der Waals surface area (Å²) >= 11 is 6.76. The van der Waals surface area contributed by atoms with Gasteiger partial charge in [0.15, 0.2) is 0 Å². The second kappa shape index (κ2) is 11.4. The molecular weight excluding hydrogens is 490 g/mol. The molecule has 2 aliphatic rings. The summed E-state index contributed by atoms with van der Waals surface area (Å²) in [6, 6.07) is 16.0. The SMILES string of the molecule is CC(C)(C)CCc1ccc([C@]23COC(COCc4ccccc4)C2=CN(CCC(=O)O)C(=O)C3)cc1Cl. The van der Waals surface area contributed by atoms with Crippen LogP contribution in [0.2, 0.25) is 5.02 Å². The fourth-order valence-corrected chi connectivity index (χ4v) is 5.27. The first-order valence-corrected chi connectivity index (χ1v) is 13.2. The Morgan fingerprint density at radius 1 is 1.22 bits per heavy atom. The van der Waals surface area contributed by atoms with Gasteiger partial charge < -0.3 is 19.5 Å². The molecule has 0 saturated carbocycles. The largest absolute Gasteiger partial charge is 0.481 e. The summed E-state index contributed by atoms with van der Waals surface area (Å²) in [6.07, 6.45) is 3.43. The molecule has 0 radical (unpaired) electrons. The first-order valence-electron chi connectivity index (χ1n) is 12.8. The van der Waals surface area contributed by atoms with Crippen molar-refractivity contribution >= 4 is 23.5 Å². The van der Waals surface area contributed by atoms with Crippen molar-refractivity contribution in [2.24, 2.45) is 5.41 Å². The highest BCUT2D eigenvalue weighted by molar-refractivity contribution is 6.31. The van der Waals surface area contributed by atoms with Crippen LogP contribution in [0.15, 0.2) is 60.3 Å². The van der Waals surface area contributed by atoms with Crippen LogP contribution in [0.3, 0.4) is 0 Å². The molecule has 198 valence electrons. The summed E-state index contributed by atoms with van der Waals surface area (Å²) in [5.41, 5.74) is 3.60. The van der Waals surface area contributed by atoms with E-state index in [-0.39, 0.29) is 36.8 Å². The van der Waals surface area contributed by atoms with Crippen molar-refractivity contribution in [3.63, 3.8) is 0 Å². The van der Waals surface area contributed by atoms with Gasteiger partial charge in [-0.05, 0) is 46.6 Å². The Morgan fingerprint density at radius 2 is 1.97 bits per heavy atom. The Morgan fingerprint density at radius 3 is 2.65 bits per heavy atom. The zero-order valence-corrected chi connectivity index (χ0v) is 22.6. The third kappa shape index (κ3) is 6.61. The minimum atomic E-state index is -0.939. The van der Waals surface area contributed by atoms with Crippen LogP contribution < -0.4 is 0 Å². The number of benzene rings is 2. The lowest BCUT2D eigenvalue weighted by Gasteiger charge is -2.37. The molecule has 1 unspecified atom stereocenters. The van der Waals surface area contributed by atoms with Crippen LogP contribution in [-0.4, -0.2) is 47.7 Å². The molecule has 0 bridgehead atoms. The van der Waals surface area contributed by atoms with E-state index in [1.807, 2.05) is 36.4 Å². The van der Waals surface area contributed by atoms with Gasteiger partial charge in [-0.3, -0.25) is 9.59 Å². The van der Waals surface area contributed by atoms with Gasteiger partial charge in [0.05, 0.1) is 31.7 Å². The number of hydrogen-bond donors (Lipinski definition) is 1. The van der Waals surface area contributed by atoms with Crippen molar-refractivity contribution in [1.29, 1.82) is 0 Å². The van der Waals surface area contributed by atoms with Crippen molar-refractivity contribution in [1.82, 2.24) is 4.90 Å². The predicted molar refractivity (Wildman–Crippen MR) is 143 cm³/mol. The van der Waals surface area contributed by atoms with Crippen LogP contribution in [0, 0.1) is 5.41 Å². The summed E-state index contributed by atoms with van der Waals surface area (Å²) in [5, 5.41) is 9.85. The molecule has 37 heavy (non-hydrogen) atoms. The molecule has 2 aromatic carbocycles. The maximum atomic E-state index is 13.2. The van der Waals surface area contributed by atoms with Crippen molar-refractivity contribution in [3.8, 4) is 0 Å². The van der Waals surface area contributed by atoms with Crippen LogP contribution in [0.25, 0.3) is 0 Å². The molecule has 4 rings (SSSR count). The lowest BCUT2D eigenvalue weighted by atomic mass is 9.70. The number of rotatable bonds is 10. The van der Waals surface area contributed by atoms with Crippen LogP contribution >= 0.6 is 11.6 Å². The van der Waals surface area contributed by atoms with Gasteiger partial charge in [0.2, 0.25) is 5.91 Å². The molecule has 6 nitrogen and oxygen atoms in total. The van der Waals surface area contributed by atoms with Crippen LogP contribution in [0.1, 0.15) is 56.7 Å². The Hall–Kier alpha value is -2.67. The van der Waals surface area contributed by atoms with Gasteiger partial charge in [0, 0.05) is 24.2 Å². The first-order chi connectivity index (χ1) is 17.6. The highest BCUT2D eigenvalue weighted by Gasteiger charge is 2.51. The fraction of sp³-hybridized carbons (Fsp3) is 0.467. The molecule has 0 aliphatic carbocycles. The Bertz CT molecular complexity index is 1160. The van der Waals surface area contributed by atoms with E-state index >= 15 is 0 Å². The van der Waals surface area contributed by atoms with Gasteiger partial charge in [-0.1, -0.05) is 74.8 Å². The van der Waals surface area contributed by atoms with Gasteiger partial charge >= 0.3 is 5.97 Å². The minimum Gasteiger partial charge on any atom is -0.481 e. The molecule has 7 heteroatoms. The average molecular weight is 526 g/mol. The number of aryl methyl sites for hydroxylation is 1. The molecule has 2 atom stereocenters. The van der Waals surface area contributed by atoms with Gasteiger partial charge in [-0.2, -0.15) is 0 Å². The van der Waals surface area contributed by atoms with Crippen molar-refractivity contribution < 1.29 is 24.2 Å². The van der Waals surface area contributed by atoms with E-state index in [0.29, 0.717) is 24.8 Å². The van der Waals surface area contributed by atoms with Crippen LogP contribution in [0.5, 0.6) is 0 Å². The van der Waals surface area contributed by atoms with Gasteiger partial charge in [0.1, 0.15) is 6.10 Å². The summed E-state index contributed by atoms with van der Waals surface area (Å²) < 4.78 is 12.3. The van der Waals surface area contributed by atoms with E-state index in [0.717, 1.165) is 35.1 Å². The zero-order chi connectivity index (χ0) is 26.6. The van der Waals surface area contributed by atoms with Crippen LogP contribution in [0.4, 0.5) is 0 Å². The topological polar surface area (TPSA) is 76.1 Å². The molecule has 1 N–H and O–H groups in total. The molecule has 2 aromatic rings. The monoisotopic (exact) mass is 525 g/mol. The normalized spacial score (nSPS) is 21.6. The molecule has 0 aromatic heterocycles. The predicted octanol–water partition coefficient (Wildman–Crippen LogP) is 5.76. The van der Waals surface area contributed by atoms with Crippen molar-refractivity contribution in [3.05, 3.63) is 82.0 Å². The number of aliphatic carboxylic acids is 1. The minimum absolute atomic E-state index is 0.118. The standard InChI is InChI=1S/C30H36ClNO5/c1-29(2,3)13-11-22-9-10-23(15-25(22)31)30-16-27(33)32(14-12-28(34)35)17-24(30)26(37-20-30)19-36-18-21-7-5-4-6-8-21/h4-10,15,17,26H,11-14,16,18-20H2,1-3H3,(H,34,35)/t26?,30-/m0/s1. The maximum Gasteiger partial charge on any atom is 0.305 e. The average Bonchev–Trinajstić information content (AvgIpc) is 3.20. The van der Waals surface area contributed by atoms with Crippen molar-refractivity contribution in [2.45, 2.75) is 64.6 Å². The molecule has 1 amide bonds. The molecule has 1 saturated heterocycles. The quantitative estimate of drug-likeness (QED) is 0.426. The number of nitrogens with zero attached hydrogens (tertiary/aromatic N) is 1.